The fourth-order valence-electron chi connectivity index (χ4n) is 1.62. The van der Waals surface area contributed by atoms with Crippen molar-refractivity contribution in [2.45, 2.75) is 10.5 Å². The number of thioether (sulfide) groups is 4. The molecule has 0 aromatic heterocycles. The quantitative estimate of drug-likeness (QED) is 0.0750. The molecule has 2 atom stereocenters. The topological polar surface area (TPSA) is 0 Å². The molecule has 0 rings (SSSR count). The van der Waals surface area contributed by atoms with E-state index in [0.717, 1.165) is 34.5 Å². The van der Waals surface area contributed by atoms with E-state index in [9.17, 15) is 0 Å². The Balaban J connectivity index is 3.55. The maximum absolute atomic E-state index is 5.20. The maximum atomic E-state index is 5.20. The summed E-state index contributed by atoms with van der Waals surface area (Å²) in [7, 11) is 3.73. The third-order valence-electron chi connectivity index (χ3n) is 2.73. The van der Waals surface area contributed by atoms with Crippen LogP contribution in [-0.4, -0.2) is 79.5 Å². The fraction of sp³-hybridized carbons (Fsp3) is 1.00. The van der Waals surface area contributed by atoms with Crippen LogP contribution in [0.5, 0.6) is 0 Å². The molecule has 0 aromatic carbocycles. The molecule has 0 aromatic rings. The number of hydrogen-bond donors (Lipinski definition) is 3. The second-order valence-electron chi connectivity index (χ2n) is 4.88. The SMILES string of the molecule is S=[S-](=S)CC(CSCCSSCCSC(CS)CSCCS)SCCS. The molecule has 12 heteroatoms. The lowest BCUT2D eigenvalue weighted by molar-refractivity contribution is 1.15. The number of thiol groups is 3. The van der Waals surface area contributed by atoms with Crippen LogP contribution < -0.4 is 0 Å². The van der Waals surface area contributed by atoms with E-state index in [1.807, 2.05) is 56.9 Å². The number of rotatable bonds is 20. The summed E-state index contributed by atoms with van der Waals surface area (Å²) in [6.45, 7) is 0. The number of hydrogen-bond acceptors (Lipinski definition) is 12. The van der Waals surface area contributed by atoms with Gasteiger partial charge in [0.25, 0.3) is 0 Å². The molecule has 0 N–H and O–H groups in total. The van der Waals surface area contributed by atoms with Crippen molar-refractivity contribution in [3.8, 4) is 0 Å². The highest BCUT2D eigenvalue weighted by atomic mass is 33.1. The van der Waals surface area contributed by atoms with E-state index in [2.05, 4.69) is 49.6 Å². The predicted molar refractivity (Wildman–Crippen MR) is 161 cm³/mol. The van der Waals surface area contributed by atoms with Crippen molar-refractivity contribution >= 4 is 137 Å². The van der Waals surface area contributed by atoms with Crippen molar-refractivity contribution in [1.82, 2.24) is 0 Å². The van der Waals surface area contributed by atoms with Crippen LogP contribution in [0.3, 0.4) is 0 Å². The third kappa shape index (κ3) is 21.2. The molecule has 0 aliphatic rings. The van der Waals surface area contributed by atoms with Gasteiger partial charge in [0.1, 0.15) is 0 Å². The van der Waals surface area contributed by atoms with Gasteiger partial charge in [-0.3, -0.25) is 22.4 Å². The molecule has 0 aliphatic heterocycles. The van der Waals surface area contributed by atoms with E-state index in [1.54, 1.807) is 0 Å². The standard InChI is InChI=1S/C14H29S12/c15-1-3-20-10-13(9-17)23-6-8-25-24-7-5-21-11-14(12-26(18)19)22-4-2-16/h13-17H,1-12H2/q-1. The van der Waals surface area contributed by atoms with Crippen molar-refractivity contribution in [2.75, 3.05) is 69.0 Å². The molecular formula is C14H29S12-. The molecular weight excluding hydrogens is 553 g/mol. The molecule has 0 saturated carbocycles. The van der Waals surface area contributed by atoms with Crippen molar-refractivity contribution in [3.05, 3.63) is 0 Å². The van der Waals surface area contributed by atoms with E-state index < -0.39 is 0 Å². The molecule has 0 saturated heterocycles. The van der Waals surface area contributed by atoms with Gasteiger partial charge in [-0.2, -0.15) is 84.9 Å². The van der Waals surface area contributed by atoms with Crippen molar-refractivity contribution in [2.24, 2.45) is 0 Å². The highest BCUT2D eigenvalue weighted by Crippen LogP contribution is 2.26. The third-order valence-corrected chi connectivity index (χ3v) is 14.3. The van der Waals surface area contributed by atoms with Crippen LogP contribution >= 0.6 is 107 Å². The van der Waals surface area contributed by atoms with E-state index in [-0.39, 0.29) is 8.01 Å². The first-order valence-electron chi connectivity index (χ1n) is 8.15. The second-order valence-corrected chi connectivity index (χ2v) is 17.9. The first-order valence-corrected chi connectivity index (χ1v) is 20.2. The van der Waals surface area contributed by atoms with Crippen molar-refractivity contribution in [3.63, 3.8) is 0 Å². The van der Waals surface area contributed by atoms with Gasteiger partial charge in [0.05, 0.1) is 0 Å². The Hall–Kier alpha value is 3.94. The molecule has 0 fully saturated rings. The fourth-order valence-corrected chi connectivity index (χ4v) is 12.8. The summed E-state index contributed by atoms with van der Waals surface area (Å²) >= 11 is 31.5. The van der Waals surface area contributed by atoms with Gasteiger partial charge in [-0.05, 0) is 16.8 Å². The summed E-state index contributed by atoms with van der Waals surface area (Å²) in [6.07, 6.45) is 0. The van der Waals surface area contributed by atoms with Crippen LogP contribution in [0, 0.1) is 0 Å². The predicted octanol–water partition coefficient (Wildman–Crippen LogP) is 5.37. The van der Waals surface area contributed by atoms with Gasteiger partial charge in [-0.25, -0.2) is 0 Å². The lowest BCUT2D eigenvalue weighted by atomic mass is 10.5. The Kier molecular flexibility index (Phi) is 27.2. The average Bonchev–Trinajstić information content (AvgIpc) is 2.62. The average molecular weight is 582 g/mol. The second kappa shape index (κ2) is 23.6. The van der Waals surface area contributed by atoms with Gasteiger partial charge in [-0.15, -0.1) is 5.75 Å². The summed E-state index contributed by atoms with van der Waals surface area (Å²) in [5.41, 5.74) is 0. The molecule has 0 nitrogen and oxygen atoms in total. The molecule has 0 bridgehead atoms. The lowest BCUT2D eigenvalue weighted by Crippen LogP contribution is -2.14. The maximum Gasteiger partial charge on any atom is 0.0226 e. The van der Waals surface area contributed by atoms with Gasteiger partial charge in [-0.1, -0.05) is 21.6 Å². The van der Waals surface area contributed by atoms with Crippen LogP contribution in [-0.2, 0) is 30.4 Å². The van der Waals surface area contributed by atoms with Crippen LogP contribution in [0.25, 0.3) is 0 Å². The molecule has 2 unspecified atom stereocenters. The lowest BCUT2D eigenvalue weighted by Gasteiger charge is -2.18. The first-order chi connectivity index (χ1) is 12.6. The molecule has 0 radical (unpaired) electrons. The summed E-state index contributed by atoms with van der Waals surface area (Å²) in [6, 6.07) is 0. The Labute approximate surface area is 213 Å². The largest absolute Gasteiger partial charge is 0.346 e. The van der Waals surface area contributed by atoms with E-state index in [4.69, 9.17) is 22.4 Å². The van der Waals surface area contributed by atoms with E-state index >= 15 is 0 Å². The minimum Gasteiger partial charge on any atom is -0.346 e. The Morgan fingerprint density at radius 3 is 1.88 bits per heavy atom. The van der Waals surface area contributed by atoms with Crippen LogP contribution in [0.2, 0.25) is 0 Å². The molecule has 26 heavy (non-hydrogen) atoms. The minimum atomic E-state index is -0.285. The summed E-state index contributed by atoms with van der Waals surface area (Å²) in [5.74, 6) is 13.3. The zero-order valence-corrected chi connectivity index (χ0v) is 24.7. The zero-order chi connectivity index (χ0) is 19.5. The smallest absolute Gasteiger partial charge is 0.0226 e. The van der Waals surface area contributed by atoms with Crippen LogP contribution in [0.15, 0.2) is 0 Å². The van der Waals surface area contributed by atoms with Crippen LogP contribution in [0.1, 0.15) is 0 Å². The Morgan fingerprint density at radius 1 is 0.692 bits per heavy atom. The van der Waals surface area contributed by atoms with Gasteiger partial charge in [0.15, 0.2) is 0 Å². The Bertz CT molecular complexity index is 354. The van der Waals surface area contributed by atoms with Gasteiger partial charge >= 0.3 is 0 Å². The van der Waals surface area contributed by atoms with Crippen LogP contribution in [0.4, 0.5) is 0 Å². The first kappa shape index (κ1) is 29.9. The molecule has 0 amide bonds. The van der Waals surface area contributed by atoms with Crippen molar-refractivity contribution < 1.29 is 0 Å². The molecule has 0 aliphatic carbocycles. The summed E-state index contributed by atoms with van der Waals surface area (Å²) < 4.78 is 0. The molecule has 0 spiro atoms. The van der Waals surface area contributed by atoms with E-state index in [1.165, 1.54) is 34.5 Å². The zero-order valence-electron chi connectivity index (χ0n) is 14.7. The highest BCUT2D eigenvalue weighted by molar-refractivity contribution is 8.76. The highest BCUT2D eigenvalue weighted by Gasteiger charge is 2.07. The normalized spacial score (nSPS) is 14.0. The monoisotopic (exact) mass is 581 g/mol. The molecule has 0 heterocycles. The molecule has 158 valence electrons. The Morgan fingerprint density at radius 2 is 1.27 bits per heavy atom. The summed E-state index contributed by atoms with van der Waals surface area (Å²) in [4.78, 5) is 0. The van der Waals surface area contributed by atoms with Gasteiger partial charge < -0.3 is 8.01 Å². The summed E-state index contributed by atoms with van der Waals surface area (Å²) in [5, 5.41) is 1.28. The van der Waals surface area contributed by atoms with Gasteiger partial charge in [0, 0.05) is 57.0 Å². The van der Waals surface area contributed by atoms with Gasteiger partial charge in [0.2, 0.25) is 0 Å². The van der Waals surface area contributed by atoms with E-state index in [0.29, 0.717) is 10.5 Å². The minimum absolute atomic E-state index is 0.285. The van der Waals surface area contributed by atoms with Crippen molar-refractivity contribution in [1.29, 1.82) is 0 Å².